The maximum absolute atomic E-state index is 8.97. The van der Waals surface area contributed by atoms with Gasteiger partial charge in [-0.05, 0) is 31.6 Å². The van der Waals surface area contributed by atoms with Crippen LogP contribution in [0.15, 0.2) is 0 Å². The number of fused-ring (bicyclic) bond motifs is 3. The van der Waals surface area contributed by atoms with E-state index in [0.29, 0.717) is 25.0 Å². The Kier molecular flexibility index (Phi) is 5.42. The molecule has 2 bridgehead atoms. The van der Waals surface area contributed by atoms with Gasteiger partial charge in [-0.25, -0.2) is 0 Å². The summed E-state index contributed by atoms with van der Waals surface area (Å²) in [6.45, 7) is 7.11. The van der Waals surface area contributed by atoms with E-state index in [9.17, 15) is 0 Å². The van der Waals surface area contributed by atoms with Gasteiger partial charge >= 0.3 is 0 Å². The minimum absolute atomic E-state index is 0.0209. The van der Waals surface area contributed by atoms with Crippen LogP contribution in [0.2, 0.25) is 0 Å². The zero-order valence-electron chi connectivity index (χ0n) is 12.7. The molecule has 2 heterocycles. The molecule has 5 heteroatoms. The van der Waals surface area contributed by atoms with Gasteiger partial charge in [0.2, 0.25) is 0 Å². The number of rotatable bonds is 7. The van der Waals surface area contributed by atoms with Gasteiger partial charge in [-0.3, -0.25) is 0 Å². The van der Waals surface area contributed by atoms with Crippen molar-refractivity contribution in [3.05, 3.63) is 0 Å². The van der Waals surface area contributed by atoms with E-state index in [1.165, 1.54) is 0 Å². The Morgan fingerprint density at radius 3 is 2.00 bits per heavy atom. The van der Waals surface area contributed by atoms with Gasteiger partial charge in [0.15, 0.2) is 0 Å². The van der Waals surface area contributed by atoms with E-state index in [2.05, 4.69) is 13.8 Å². The van der Waals surface area contributed by atoms with E-state index in [1.54, 1.807) is 0 Å². The van der Waals surface area contributed by atoms with Gasteiger partial charge in [-0.2, -0.15) is 0 Å². The zero-order valence-corrected chi connectivity index (χ0v) is 12.7. The molecule has 0 amide bonds. The number of hydrogen-bond acceptors (Lipinski definition) is 5. The normalized spacial score (nSPS) is 40.5. The molecular weight excluding hydrogens is 260 g/mol. The van der Waals surface area contributed by atoms with Crippen LogP contribution >= 0.6 is 0 Å². The predicted octanol–water partition coefficient (Wildman–Crippen LogP) is 0.965. The van der Waals surface area contributed by atoms with Crippen molar-refractivity contribution < 1.29 is 24.4 Å². The Labute approximate surface area is 121 Å². The molecule has 1 aliphatic carbocycles. The lowest BCUT2D eigenvalue weighted by molar-refractivity contribution is -0.306. The lowest BCUT2D eigenvalue weighted by Gasteiger charge is -2.58. The highest BCUT2D eigenvalue weighted by Gasteiger charge is 2.57. The fraction of sp³-hybridized carbons (Fsp3) is 1.00. The van der Waals surface area contributed by atoms with Gasteiger partial charge in [0, 0.05) is 0 Å². The van der Waals surface area contributed by atoms with Crippen LogP contribution in [-0.2, 0) is 14.2 Å². The molecule has 3 atom stereocenters. The predicted molar refractivity (Wildman–Crippen MR) is 74.5 cm³/mol. The first-order chi connectivity index (χ1) is 9.52. The van der Waals surface area contributed by atoms with Gasteiger partial charge in [0.25, 0.3) is 0 Å². The summed E-state index contributed by atoms with van der Waals surface area (Å²) < 4.78 is 17.9. The van der Waals surface area contributed by atoms with E-state index < -0.39 is 5.60 Å². The van der Waals surface area contributed by atoms with Gasteiger partial charge in [0.1, 0.15) is 5.60 Å². The second-order valence-corrected chi connectivity index (χ2v) is 6.41. The lowest BCUT2D eigenvalue weighted by Crippen LogP contribution is -2.67. The topological polar surface area (TPSA) is 68.2 Å². The monoisotopic (exact) mass is 288 g/mol. The number of hydrogen-bond donors (Lipinski definition) is 2. The standard InChI is InChI=1S/C15H28O5/c1-10(2)14-11-8-12(18-6-4-16)15(3,20-14)13(9-11)19-7-5-17/h10-14,16-17H,4-9H2,1-3H3. The fourth-order valence-electron chi connectivity index (χ4n) is 3.67. The second kappa shape index (κ2) is 6.71. The van der Waals surface area contributed by atoms with E-state index in [1.807, 2.05) is 6.92 Å². The molecule has 2 saturated heterocycles. The Hall–Kier alpha value is -0.200. The molecule has 0 spiro atoms. The van der Waals surface area contributed by atoms with Crippen molar-refractivity contribution >= 4 is 0 Å². The lowest BCUT2D eigenvalue weighted by atomic mass is 9.67. The van der Waals surface area contributed by atoms with Gasteiger partial charge in [-0.15, -0.1) is 0 Å². The van der Waals surface area contributed by atoms with Crippen molar-refractivity contribution in [2.24, 2.45) is 11.8 Å². The molecule has 20 heavy (non-hydrogen) atoms. The van der Waals surface area contributed by atoms with Crippen LogP contribution in [0.5, 0.6) is 0 Å². The number of ether oxygens (including phenoxy) is 3. The van der Waals surface area contributed by atoms with Gasteiger partial charge in [0.05, 0.1) is 44.7 Å². The Balaban J connectivity index is 2.11. The zero-order chi connectivity index (χ0) is 14.8. The van der Waals surface area contributed by atoms with Crippen LogP contribution in [0.1, 0.15) is 33.6 Å². The highest BCUT2D eigenvalue weighted by Crippen LogP contribution is 2.48. The molecule has 3 fully saturated rings. The summed E-state index contributed by atoms with van der Waals surface area (Å²) in [5.41, 5.74) is -0.492. The Morgan fingerprint density at radius 1 is 1.10 bits per heavy atom. The van der Waals surface area contributed by atoms with E-state index in [4.69, 9.17) is 24.4 Å². The van der Waals surface area contributed by atoms with E-state index in [0.717, 1.165) is 12.8 Å². The second-order valence-electron chi connectivity index (χ2n) is 6.41. The molecule has 5 nitrogen and oxygen atoms in total. The minimum atomic E-state index is -0.492. The van der Waals surface area contributed by atoms with Crippen LogP contribution in [0.4, 0.5) is 0 Å². The molecule has 2 aliphatic heterocycles. The Bertz CT molecular complexity index is 289. The molecule has 0 radical (unpaired) electrons. The summed E-state index contributed by atoms with van der Waals surface area (Å²) in [6.07, 6.45) is 2.05. The van der Waals surface area contributed by atoms with Crippen LogP contribution in [-0.4, -0.2) is 60.6 Å². The van der Waals surface area contributed by atoms with Crippen molar-refractivity contribution in [3.8, 4) is 0 Å². The average molecular weight is 288 g/mol. The molecule has 3 aliphatic rings. The van der Waals surface area contributed by atoms with Crippen LogP contribution in [0, 0.1) is 11.8 Å². The van der Waals surface area contributed by atoms with E-state index in [-0.39, 0.29) is 31.5 Å². The molecule has 2 N–H and O–H groups in total. The van der Waals surface area contributed by atoms with Crippen LogP contribution in [0.25, 0.3) is 0 Å². The van der Waals surface area contributed by atoms with Crippen LogP contribution < -0.4 is 0 Å². The number of aliphatic hydroxyl groups is 2. The van der Waals surface area contributed by atoms with Crippen molar-refractivity contribution in [1.29, 1.82) is 0 Å². The van der Waals surface area contributed by atoms with Gasteiger partial charge in [-0.1, -0.05) is 13.8 Å². The smallest absolute Gasteiger partial charge is 0.118 e. The largest absolute Gasteiger partial charge is 0.394 e. The first-order valence-corrected chi connectivity index (χ1v) is 7.65. The van der Waals surface area contributed by atoms with E-state index >= 15 is 0 Å². The molecule has 0 aromatic heterocycles. The van der Waals surface area contributed by atoms with Crippen molar-refractivity contribution in [3.63, 3.8) is 0 Å². The highest BCUT2D eigenvalue weighted by molar-refractivity contribution is 5.06. The van der Waals surface area contributed by atoms with Crippen molar-refractivity contribution in [2.75, 3.05) is 26.4 Å². The summed E-state index contributed by atoms with van der Waals surface area (Å²) in [7, 11) is 0. The summed E-state index contributed by atoms with van der Waals surface area (Å²) in [5.74, 6) is 0.890. The van der Waals surface area contributed by atoms with Crippen LogP contribution in [0.3, 0.4) is 0 Å². The Morgan fingerprint density at radius 2 is 1.60 bits per heavy atom. The maximum Gasteiger partial charge on any atom is 0.118 e. The summed E-state index contributed by atoms with van der Waals surface area (Å²) >= 11 is 0. The first-order valence-electron chi connectivity index (χ1n) is 7.65. The molecule has 118 valence electrons. The quantitative estimate of drug-likeness (QED) is 0.730. The molecule has 0 aromatic rings. The third kappa shape index (κ3) is 3.02. The molecule has 3 rings (SSSR count). The first kappa shape index (κ1) is 16.2. The summed E-state index contributed by atoms with van der Waals surface area (Å²) in [6, 6.07) is 0. The highest BCUT2D eigenvalue weighted by atomic mass is 16.6. The summed E-state index contributed by atoms with van der Waals surface area (Å²) in [5, 5.41) is 17.9. The van der Waals surface area contributed by atoms with Crippen molar-refractivity contribution in [2.45, 2.75) is 57.5 Å². The van der Waals surface area contributed by atoms with Gasteiger partial charge < -0.3 is 24.4 Å². The maximum atomic E-state index is 8.97. The third-order valence-electron chi connectivity index (χ3n) is 4.64. The fourth-order valence-corrected chi connectivity index (χ4v) is 3.67. The molecule has 0 aromatic carbocycles. The third-order valence-corrected chi connectivity index (χ3v) is 4.64. The molecule has 1 saturated carbocycles. The molecule has 3 unspecified atom stereocenters. The van der Waals surface area contributed by atoms with Crippen molar-refractivity contribution in [1.82, 2.24) is 0 Å². The average Bonchev–Trinajstić information content (AvgIpc) is 2.42. The SMILES string of the molecule is CC(C)C1OC2(C)C(OCCO)CC1CC2OCCO. The number of aliphatic hydroxyl groups excluding tert-OH is 2. The molecular formula is C15H28O5. The summed E-state index contributed by atoms with van der Waals surface area (Å²) in [4.78, 5) is 0. The minimum Gasteiger partial charge on any atom is -0.394 e.